The first kappa shape index (κ1) is 24.0. The van der Waals surface area contributed by atoms with E-state index in [1.165, 1.54) is 24.3 Å². The van der Waals surface area contributed by atoms with Gasteiger partial charge in [0.1, 0.15) is 11.5 Å². The van der Waals surface area contributed by atoms with Crippen molar-refractivity contribution in [2.24, 2.45) is 0 Å². The van der Waals surface area contributed by atoms with Crippen LogP contribution >= 0.6 is 0 Å². The number of nitrogens with one attached hydrogen (secondary N) is 2. The highest BCUT2D eigenvalue weighted by Gasteiger charge is 2.16. The lowest BCUT2D eigenvalue weighted by Gasteiger charge is -2.10. The first-order chi connectivity index (χ1) is 15.7. The molecule has 0 unspecified atom stereocenters. The van der Waals surface area contributed by atoms with Gasteiger partial charge in [-0.3, -0.25) is 4.79 Å². The summed E-state index contributed by atoms with van der Waals surface area (Å²) in [4.78, 5) is 20.4. The standard InChI is InChI=1S/C23H26N4O5S/c1-16-15-17(2)25-23(24-16)27-33(29,30)21-12-6-18(7-13-21)26-22(28)5-4-14-32-20-10-8-19(31-3)9-11-20/h6-13,15H,4-5,14H2,1-3H3,(H,26,28)(H,24,25,27). The van der Waals surface area contributed by atoms with Crippen LogP contribution in [0.1, 0.15) is 24.2 Å². The van der Waals surface area contributed by atoms with Crippen LogP contribution in [0.3, 0.4) is 0 Å². The minimum atomic E-state index is -3.85. The van der Waals surface area contributed by atoms with Crippen molar-refractivity contribution in [3.63, 3.8) is 0 Å². The first-order valence-electron chi connectivity index (χ1n) is 10.3. The number of anilines is 2. The second-order valence-electron chi connectivity index (χ2n) is 7.28. The van der Waals surface area contributed by atoms with Crippen LogP contribution in [0.15, 0.2) is 59.5 Å². The molecule has 2 aromatic carbocycles. The van der Waals surface area contributed by atoms with Gasteiger partial charge in [0.05, 0.1) is 18.6 Å². The second kappa shape index (κ2) is 10.8. The molecule has 0 saturated carbocycles. The molecule has 1 heterocycles. The summed E-state index contributed by atoms with van der Waals surface area (Å²) in [5, 5.41) is 2.75. The second-order valence-corrected chi connectivity index (χ2v) is 8.96. The Kier molecular flexibility index (Phi) is 7.83. The van der Waals surface area contributed by atoms with Gasteiger partial charge in [-0.1, -0.05) is 0 Å². The van der Waals surface area contributed by atoms with Gasteiger partial charge in [0.15, 0.2) is 0 Å². The summed E-state index contributed by atoms with van der Waals surface area (Å²) in [6, 6.07) is 14.8. The van der Waals surface area contributed by atoms with Crippen molar-refractivity contribution in [2.75, 3.05) is 23.8 Å². The van der Waals surface area contributed by atoms with Crippen LogP contribution in [-0.2, 0) is 14.8 Å². The zero-order valence-electron chi connectivity index (χ0n) is 18.7. The molecule has 0 aliphatic rings. The molecule has 1 amide bonds. The molecule has 3 aromatic rings. The van der Waals surface area contributed by atoms with Crippen molar-refractivity contribution < 1.29 is 22.7 Å². The van der Waals surface area contributed by atoms with Crippen LogP contribution < -0.4 is 19.5 Å². The van der Waals surface area contributed by atoms with E-state index in [0.717, 1.165) is 5.75 Å². The van der Waals surface area contributed by atoms with Gasteiger partial charge in [0.2, 0.25) is 11.9 Å². The molecular weight excluding hydrogens is 444 g/mol. The van der Waals surface area contributed by atoms with Gasteiger partial charge in [-0.15, -0.1) is 0 Å². The number of nitrogens with zero attached hydrogens (tertiary/aromatic N) is 2. The number of ether oxygens (including phenoxy) is 2. The summed E-state index contributed by atoms with van der Waals surface area (Å²) in [6.45, 7) is 3.91. The zero-order valence-corrected chi connectivity index (χ0v) is 19.5. The van der Waals surface area contributed by atoms with E-state index < -0.39 is 10.0 Å². The van der Waals surface area contributed by atoms with Crippen LogP contribution in [0.4, 0.5) is 11.6 Å². The number of aryl methyl sites for hydroxylation is 2. The fraction of sp³-hybridized carbons (Fsp3) is 0.261. The van der Waals surface area contributed by atoms with Crippen molar-refractivity contribution in [1.29, 1.82) is 0 Å². The minimum absolute atomic E-state index is 0.0155. The molecule has 2 N–H and O–H groups in total. The van der Waals surface area contributed by atoms with Gasteiger partial charge in [-0.2, -0.15) is 0 Å². The summed E-state index contributed by atoms with van der Waals surface area (Å²) in [5.74, 6) is 1.27. The number of amides is 1. The summed E-state index contributed by atoms with van der Waals surface area (Å²) in [7, 11) is -2.26. The predicted octanol–water partition coefficient (Wildman–Crippen LogP) is 3.70. The van der Waals surface area contributed by atoms with Crippen molar-refractivity contribution in [1.82, 2.24) is 9.97 Å². The van der Waals surface area contributed by atoms with E-state index in [1.807, 2.05) is 0 Å². The Labute approximate surface area is 193 Å². The fourth-order valence-corrected chi connectivity index (χ4v) is 3.93. The number of methoxy groups -OCH3 is 1. The van der Waals surface area contributed by atoms with Gasteiger partial charge >= 0.3 is 0 Å². The average molecular weight is 471 g/mol. The third-order valence-electron chi connectivity index (χ3n) is 4.53. The van der Waals surface area contributed by atoms with Gasteiger partial charge in [0, 0.05) is 23.5 Å². The lowest BCUT2D eigenvalue weighted by molar-refractivity contribution is -0.116. The Bertz CT molecular complexity index is 1180. The molecule has 1 aromatic heterocycles. The number of benzene rings is 2. The summed E-state index contributed by atoms with van der Waals surface area (Å²) in [5.41, 5.74) is 1.82. The molecule has 0 bridgehead atoms. The van der Waals surface area contributed by atoms with E-state index in [2.05, 4.69) is 20.0 Å². The monoisotopic (exact) mass is 470 g/mol. The van der Waals surface area contributed by atoms with E-state index in [-0.39, 0.29) is 23.2 Å². The molecule has 0 aliphatic carbocycles. The maximum absolute atomic E-state index is 12.6. The summed E-state index contributed by atoms with van der Waals surface area (Å²) >= 11 is 0. The lowest BCUT2D eigenvalue weighted by Crippen LogP contribution is -2.16. The van der Waals surface area contributed by atoms with Crippen LogP contribution in [0.2, 0.25) is 0 Å². The maximum Gasteiger partial charge on any atom is 0.264 e. The average Bonchev–Trinajstić information content (AvgIpc) is 2.76. The molecule has 33 heavy (non-hydrogen) atoms. The number of sulfonamides is 1. The molecule has 9 nitrogen and oxygen atoms in total. The highest BCUT2D eigenvalue weighted by molar-refractivity contribution is 7.92. The predicted molar refractivity (Wildman–Crippen MR) is 125 cm³/mol. The van der Waals surface area contributed by atoms with Crippen LogP contribution in [-0.4, -0.2) is 38.0 Å². The highest BCUT2D eigenvalue weighted by atomic mass is 32.2. The number of aromatic nitrogens is 2. The molecule has 0 spiro atoms. The Hall–Kier alpha value is -3.66. The normalized spacial score (nSPS) is 11.0. The van der Waals surface area contributed by atoms with Crippen LogP contribution in [0, 0.1) is 13.8 Å². The number of rotatable bonds is 10. The lowest BCUT2D eigenvalue weighted by atomic mass is 10.2. The largest absolute Gasteiger partial charge is 0.497 e. The molecule has 10 heteroatoms. The number of carbonyl (C=O) groups excluding carboxylic acids is 1. The Balaban J connectivity index is 1.48. The SMILES string of the molecule is COc1ccc(OCCCC(=O)Nc2ccc(S(=O)(=O)Nc3nc(C)cc(C)n3)cc2)cc1. The molecule has 0 radical (unpaired) electrons. The molecule has 174 valence electrons. The van der Waals surface area contributed by atoms with E-state index in [1.54, 1.807) is 51.3 Å². The zero-order chi connectivity index (χ0) is 23.8. The van der Waals surface area contributed by atoms with E-state index >= 15 is 0 Å². The maximum atomic E-state index is 12.6. The highest BCUT2D eigenvalue weighted by Crippen LogP contribution is 2.19. The third kappa shape index (κ3) is 7.18. The minimum Gasteiger partial charge on any atom is -0.497 e. The van der Waals surface area contributed by atoms with Crippen molar-refractivity contribution in [3.8, 4) is 11.5 Å². The summed E-state index contributed by atoms with van der Waals surface area (Å²) < 4.78 is 38.2. The first-order valence-corrected chi connectivity index (χ1v) is 11.8. The number of hydrogen-bond donors (Lipinski definition) is 2. The number of hydrogen-bond acceptors (Lipinski definition) is 7. The van der Waals surface area contributed by atoms with E-state index in [9.17, 15) is 13.2 Å². The molecule has 3 rings (SSSR count). The summed E-state index contributed by atoms with van der Waals surface area (Å²) in [6.07, 6.45) is 0.798. The van der Waals surface area contributed by atoms with Crippen LogP contribution in [0.5, 0.6) is 11.5 Å². The molecule has 0 saturated heterocycles. The van der Waals surface area contributed by atoms with Gasteiger partial charge in [-0.05, 0) is 74.9 Å². The van der Waals surface area contributed by atoms with Crippen molar-refractivity contribution in [3.05, 3.63) is 66.0 Å². The van der Waals surface area contributed by atoms with Gasteiger partial charge in [-0.25, -0.2) is 23.1 Å². The fourth-order valence-electron chi connectivity index (χ4n) is 2.99. The topological polar surface area (TPSA) is 120 Å². The van der Waals surface area contributed by atoms with Crippen LogP contribution in [0.25, 0.3) is 0 Å². The molecule has 0 atom stereocenters. The van der Waals surface area contributed by atoms with E-state index in [0.29, 0.717) is 35.9 Å². The van der Waals surface area contributed by atoms with Crippen molar-refractivity contribution in [2.45, 2.75) is 31.6 Å². The Morgan fingerprint density at radius 2 is 1.55 bits per heavy atom. The number of carbonyl (C=O) groups is 1. The van der Waals surface area contributed by atoms with E-state index in [4.69, 9.17) is 9.47 Å². The molecular formula is C23H26N4O5S. The molecule has 0 fully saturated rings. The molecule has 0 aliphatic heterocycles. The quantitative estimate of drug-likeness (QED) is 0.434. The third-order valence-corrected chi connectivity index (χ3v) is 5.88. The smallest absolute Gasteiger partial charge is 0.264 e. The van der Waals surface area contributed by atoms with Gasteiger partial charge < -0.3 is 14.8 Å². The van der Waals surface area contributed by atoms with Gasteiger partial charge in [0.25, 0.3) is 10.0 Å². The Morgan fingerprint density at radius 3 is 2.15 bits per heavy atom. The van der Waals surface area contributed by atoms with Crippen molar-refractivity contribution >= 4 is 27.6 Å². The Morgan fingerprint density at radius 1 is 0.939 bits per heavy atom.